The molecule has 9 nitrogen and oxygen atoms in total. The van der Waals surface area contributed by atoms with Crippen LogP contribution >= 0.6 is 11.6 Å². The van der Waals surface area contributed by atoms with Crippen LogP contribution in [0.4, 0.5) is 5.95 Å². The third-order valence-corrected chi connectivity index (χ3v) is 8.99. The summed E-state index contributed by atoms with van der Waals surface area (Å²) in [5.74, 6) is -0.196. The van der Waals surface area contributed by atoms with E-state index in [-0.39, 0.29) is 18.0 Å². The molecule has 1 amide bonds. The summed E-state index contributed by atoms with van der Waals surface area (Å²) in [4.78, 5) is 20.4. The predicted molar refractivity (Wildman–Crippen MR) is 160 cm³/mol. The highest BCUT2D eigenvalue weighted by Gasteiger charge is 2.28. The highest BCUT2D eigenvalue weighted by molar-refractivity contribution is 7.89. The fourth-order valence-electron chi connectivity index (χ4n) is 4.56. The van der Waals surface area contributed by atoms with E-state index in [0.717, 1.165) is 16.8 Å². The lowest BCUT2D eigenvalue weighted by atomic mass is 10.2. The highest BCUT2D eigenvalue weighted by atomic mass is 35.5. The van der Waals surface area contributed by atoms with Crippen molar-refractivity contribution < 1.29 is 17.9 Å². The molecular weight excluding hydrogens is 562 g/mol. The Hall–Kier alpha value is -3.54. The van der Waals surface area contributed by atoms with Gasteiger partial charge < -0.3 is 4.74 Å². The van der Waals surface area contributed by atoms with Crippen LogP contribution < -0.4 is 5.32 Å². The Morgan fingerprint density at radius 1 is 1.00 bits per heavy atom. The first-order chi connectivity index (χ1) is 19.8. The maximum atomic E-state index is 13.7. The minimum Gasteiger partial charge on any atom is -0.379 e. The molecule has 1 aromatic heterocycles. The van der Waals surface area contributed by atoms with Crippen LogP contribution in [0.1, 0.15) is 5.56 Å². The van der Waals surface area contributed by atoms with Crippen molar-refractivity contribution in [1.29, 1.82) is 0 Å². The average Bonchev–Trinajstić information content (AvgIpc) is 3.40. The van der Waals surface area contributed by atoms with Gasteiger partial charge in [0.25, 0.3) is 0 Å². The van der Waals surface area contributed by atoms with E-state index in [0.29, 0.717) is 49.5 Å². The number of halogens is 1. The molecule has 5 rings (SSSR count). The number of rotatable bonds is 10. The quantitative estimate of drug-likeness (QED) is 0.292. The number of nitrogens with one attached hydrogen (secondary N) is 1. The van der Waals surface area contributed by atoms with Crippen LogP contribution in [0, 0.1) is 6.92 Å². The number of hydrogen-bond donors (Lipinski definition) is 1. The van der Waals surface area contributed by atoms with Crippen molar-refractivity contribution in [3.8, 4) is 16.9 Å². The zero-order valence-corrected chi connectivity index (χ0v) is 24.3. The van der Waals surface area contributed by atoms with E-state index >= 15 is 0 Å². The fourth-order valence-corrected chi connectivity index (χ4v) is 6.07. The summed E-state index contributed by atoms with van der Waals surface area (Å²) >= 11 is 6.00. The molecule has 0 bridgehead atoms. The number of carbonyl (C=O) groups is 1. The minimum atomic E-state index is -3.98. The summed E-state index contributed by atoms with van der Waals surface area (Å²) in [6, 6.07) is 23.5. The van der Waals surface area contributed by atoms with Crippen molar-refractivity contribution in [2.45, 2.75) is 11.8 Å². The Labute approximate surface area is 245 Å². The fraction of sp³-hybridized carbons (Fsp3) is 0.267. The molecule has 4 aromatic rings. The Balaban J connectivity index is 1.41. The first-order valence-electron chi connectivity index (χ1n) is 13.4. The molecule has 1 aliphatic rings. The number of hydrogen-bond acceptors (Lipinski definition) is 6. The number of morpholine rings is 1. The summed E-state index contributed by atoms with van der Waals surface area (Å²) in [6.07, 6.45) is 1.86. The molecule has 0 unspecified atom stereocenters. The van der Waals surface area contributed by atoms with Crippen LogP contribution in [0.25, 0.3) is 16.9 Å². The van der Waals surface area contributed by atoms with Crippen molar-refractivity contribution in [3.05, 3.63) is 95.6 Å². The number of ether oxygens (including phenoxy) is 1. The molecule has 0 aliphatic carbocycles. The second-order valence-electron chi connectivity index (χ2n) is 9.82. The maximum absolute atomic E-state index is 13.7. The molecular formula is C30H32ClN5O4S. The summed E-state index contributed by atoms with van der Waals surface area (Å²) < 4.78 is 35.7. The van der Waals surface area contributed by atoms with Crippen LogP contribution in [0.5, 0.6) is 0 Å². The molecule has 2 heterocycles. The second kappa shape index (κ2) is 13.0. The van der Waals surface area contributed by atoms with Crippen LogP contribution in [0.15, 0.2) is 90.0 Å². The van der Waals surface area contributed by atoms with Crippen LogP contribution in [0.3, 0.4) is 0 Å². The summed E-state index contributed by atoms with van der Waals surface area (Å²) in [6.45, 7) is 4.83. The summed E-state index contributed by atoms with van der Waals surface area (Å²) in [5.41, 5.74) is 3.50. The normalized spacial score (nSPS) is 14.3. The molecule has 41 heavy (non-hydrogen) atoms. The highest BCUT2D eigenvalue weighted by Crippen LogP contribution is 2.25. The van der Waals surface area contributed by atoms with E-state index in [2.05, 4.69) is 10.2 Å². The molecule has 1 aliphatic heterocycles. The first-order valence-corrected chi connectivity index (χ1v) is 15.2. The number of anilines is 1. The van der Waals surface area contributed by atoms with Gasteiger partial charge in [0.2, 0.25) is 21.9 Å². The number of aromatic nitrogens is 2. The van der Waals surface area contributed by atoms with Crippen LogP contribution in [-0.2, 0) is 19.6 Å². The molecule has 214 valence electrons. The third kappa shape index (κ3) is 7.22. The van der Waals surface area contributed by atoms with Gasteiger partial charge in [0, 0.05) is 48.6 Å². The van der Waals surface area contributed by atoms with Gasteiger partial charge in [0.05, 0.1) is 30.3 Å². The lowest BCUT2D eigenvalue weighted by molar-refractivity contribution is -0.116. The number of carbonyl (C=O) groups excluding carboxylic acids is 1. The predicted octanol–water partition coefficient (Wildman–Crippen LogP) is 4.46. The smallest absolute Gasteiger partial charge is 0.243 e. The number of sulfonamides is 1. The number of amides is 1. The Bertz CT molecular complexity index is 1570. The summed E-state index contributed by atoms with van der Waals surface area (Å²) in [7, 11) is -3.98. The van der Waals surface area contributed by atoms with Crippen molar-refractivity contribution in [2.75, 3.05) is 51.3 Å². The van der Waals surface area contributed by atoms with Gasteiger partial charge in [0.1, 0.15) is 0 Å². The van der Waals surface area contributed by atoms with E-state index in [4.69, 9.17) is 21.3 Å². The van der Waals surface area contributed by atoms with E-state index in [1.807, 2.05) is 67.7 Å². The van der Waals surface area contributed by atoms with Gasteiger partial charge in [-0.1, -0.05) is 59.6 Å². The second-order valence-corrected chi connectivity index (χ2v) is 12.2. The zero-order valence-electron chi connectivity index (χ0n) is 22.7. The molecule has 0 atom stereocenters. The maximum Gasteiger partial charge on any atom is 0.243 e. The molecule has 1 N–H and O–H groups in total. The number of benzene rings is 3. The standard InChI is InChI=1S/C30H32ClN5O4S/c1-23-7-11-26(12-8-23)36-21-28(24-5-3-2-4-6-24)32-30(36)33-29(37)22-35(16-15-34-17-19-40-20-18-34)41(38,39)27-13-9-25(31)10-14-27/h2-14,21H,15-20,22H2,1H3,(H,32,33,37). The molecule has 3 aromatic carbocycles. The van der Waals surface area contributed by atoms with Gasteiger partial charge in [0.15, 0.2) is 0 Å². The Morgan fingerprint density at radius 2 is 1.68 bits per heavy atom. The SMILES string of the molecule is Cc1ccc(-n2cc(-c3ccccc3)nc2NC(=O)CN(CCN2CCOCC2)S(=O)(=O)c2ccc(Cl)cc2)cc1. The average molecular weight is 594 g/mol. The molecule has 1 saturated heterocycles. The summed E-state index contributed by atoms with van der Waals surface area (Å²) in [5, 5.41) is 3.30. The molecule has 0 saturated carbocycles. The minimum absolute atomic E-state index is 0.0733. The number of imidazole rings is 1. The van der Waals surface area contributed by atoms with Gasteiger partial charge in [-0.25, -0.2) is 13.4 Å². The number of aryl methyl sites for hydroxylation is 1. The molecule has 0 radical (unpaired) electrons. The van der Waals surface area contributed by atoms with E-state index in [9.17, 15) is 13.2 Å². The van der Waals surface area contributed by atoms with Gasteiger partial charge in [-0.15, -0.1) is 0 Å². The number of nitrogens with zero attached hydrogens (tertiary/aromatic N) is 4. The van der Waals surface area contributed by atoms with Gasteiger partial charge >= 0.3 is 0 Å². The monoisotopic (exact) mass is 593 g/mol. The van der Waals surface area contributed by atoms with Crippen molar-refractivity contribution in [2.24, 2.45) is 0 Å². The van der Waals surface area contributed by atoms with E-state index in [1.165, 1.54) is 28.6 Å². The lowest BCUT2D eigenvalue weighted by Gasteiger charge is -2.29. The van der Waals surface area contributed by atoms with E-state index < -0.39 is 15.9 Å². The van der Waals surface area contributed by atoms with Crippen LogP contribution in [0.2, 0.25) is 5.02 Å². The largest absolute Gasteiger partial charge is 0.379 e. The van der Waals surface area contributed by atoms with Gasteiger partial charge in [-0.2, -0.15) is 4.31 Å². The molecule has 11 heteroatoms. The van der Waals surface area contributed by atoms with Crippen LogP contribution in [-0.4, -0.2) is 79.0 Å². The van der Waals surface area contributed by atoms with Crippen molar-refractivity contribution in [3.63, 3.8) is 0 Å². The third-order valence-electron chi connectivity index (χ3n) is 6.88. The van der Waals surface area contributed by atoms with Crippen molar-refractivity contribution in [1.82, 2.24) is 18.8 Å². The lowest BCUT2D eigenvalue weighted by Crippen LogP contribution is -2.45. The Morgan fingerprint density at radius 3 is 2.37 bits per heavy atom. The zero-order chi connectivity index (χ0) is 28.8. The molecule has 0 spiro atoms. The first kappa shape index (κ1) is 29.0. The topological polar surface area (TPSA) is 96.8 Å². The Kier molecular flexibility index (Phi) is 9.16. The molecule has 1 fully saturated rings. The van der Waals surface area contributed by atoms with Crippen molar-refractivity contribution >= 4 is 33.5 Å². The van der Waals surface area contributed by atoms with E-state index in [1.54, 1.807) is 4.57 Å². The van der Waals surface area contributed by atoms with Gasteiger partial charge in [-0.3, -0.25) is 19.6 Å². The van der Waals surface area contributed by atoms with Gasteiger partial charge in [-0.05, 0) is 43.3 Å².